The molecule has 2 aromatic rings. The van der Waals surface area contributed by atoms with E-state index in [1.54, 1.807) is 4.68 Å². The van der Waals surface area contributed by atoms with Crippen LogP contribution < -0.4 is 5.32 Å². The summed E-state index contributed by atoms with van der Waals surface area (Å²) in [6.07, 6.45) is 0. The molecule has 0 saturated carbocycles. The van der Waals surface area contributed by atoms with Crippen molar-refractivity contribution in [1.82, 2.24) is 20.2 Å². The van der Waals surface area contributed by atoms with E-state index >= 15 is 0 Å². The Hall–Kier alpha value is -1.66. The van der Waals surface area contributed by atoms with Gasteiger partial charge < -0.3 is 10.1 Å². The number of aromatic nitrogens is 4. The number of nitrogens with zero attached hydrogens (tertiary/aromatic N) is 4. The van der Waals surface area contributed by atoms with E-state index in [1.807, 2.05) is 30.3 Å². The molecule has 7 heteroatoms. The minimum absolute atomic E-state index is 0.502. The van der Waals surface area contributed by atoms with Crippen LogP contribution in [0.25, 0.3) is 5.69 Å². The molecule has 96 valence electrons. The lowest BCUT2D eigenvalue weighted by atomic mass is 10.3. The Balaban J connectivity index is 1.92. The average molecular weight is 268 g/mol. The molecule has 0 aliphatic rings. The third-order valence-electron chi connectivity index (χ3n) is 2.22. The van der Waals surface area contributed by atoms with Crippen molar-refractivity contribution in [2.45, 2.75) is 0 Å². The fourth-order valence-corrected chi connectivity index (χ4v) is 1.54. The fraction of sp³-hybridized carbons (Fsp3) is 0.364. The maximum atomic E-state index is 5.50. The van der Waals surface area contributed by atoms with Crippen LogP contribution in [0, 0.1) is 0 Å². The number of halogens is 1. The van der Waals surface area contributed by atoms with Crippen LogP contribution in [0.4, 0.5) is 5.95 Å². The first kappa shape index (κ1) is 12.8. The van der Waals surface area contributed by atoms with Gasteiger partial charge in [-0.3, -0.25) is 0 Å². The third-order valence-corrected chi connectivity index (χ3v) is 2.38. The predicted octanol–water partition coefficient (Wildman–Crippen LogP) is 1.33. The topological polar surface area (TPSA) is 64.9 Å². The summed E-state index contributed by atoms with van der Waals surface area (Å²) in [6, 6.07) is 9.69. The van der Waals surface area contributed by atoms with Crippen LogP contribution in [0.2, 0.25) is 0 Å². The first-order valence-electron chi connectivity index (χ1n) is 5.63. The fourth-order valence-electron chi connectivity index (χ4n) is 1.43. The van der Waals surface area contributed by atoms with Crippen molar-refractivity contribution in [1.29, 1.82) is 0 Å². The second kappa shape index (κ2) is 6.93. The maximum absolute atomic E-state index is 5.50. The van der Waals surface area contributed by atoms with Gasteiger partial charge in [-0.1, -0.05) is 23.3 Å². The summed E-state index contributed by atoms with van der Waals surface area (Å²) in [5.41, 5.74) is 0.909. The normalized spacial score (nSPS) is 10.5. The zero-order valence-corrected chi connectivity index (χ0v) is 10.5. The highest BCUT2D eigenvalue weighted by Gasteiger charge is 2.06. The van der Waals surface area contributed by atoms with Crippen molar-refractivity contribution >= 4 is 17.5 Å². The van der Waals surface area contributed by atoms with Crippen LogP contribution >= 0.6 is 11.6 Å². The monoisotopic (exact) mass is 267 g/mol. The van der Waals surface area contributed by atoms with Crippen molar-refractivity contribution in [3.05, 3.63) is 30.3 Å². The molecule has 1 aromatic heterocycles. The van der Waals surface area contributed by atoms with Crippen molar-refractivity contribution in [2.75, 3.05) is 31.0 Å². The first-order valence-corrected chi connectivity index (χ1v) is 6.16. The molecule has 0 radical (unpaired) electrons. The molecule has 1 N–H and O–H groups in total. The lowest BCUT2D eigenvalue weighted by Gasteiger charge is -2.06. The highest BCUT2D eigenvalue weighted by molar-refractivity contribution is 6.17. The Bertz CT molecular complexity index is 461. The Labute approximate surface area is 110 Å². The van der Waals surface area contributed by atoms with Crippen LogP contribution in [0.1, 0.15) is 0 Å². The van der Waals surface area contributed by atoms with E-state index in [2.05, 4.69) is 20.8 Å². The summed E-state index contributed by atoms with van der Waals surface area (Å²) in [5.74, 6) is 1.09. The maximum Gasteiger partial charge on any atom is 0.247 e. The van der Waals surface area contributed by atoms with E-state index in [9.17, 15) is 0 Å². The van der Waals surface area contributed by atoms with Crippen LogP contribution in [0.3, 0.4) is 0 Å². The molecule has 6 nitrogen and oxygen atoms in total. The number of nitrogens with one attached hydrogen (secondary N) is 1. The number of alkyl halides is 1. The van der Waals surface area contributed by atoms with Crippen molar-refractivity contribution in [3.63, 3.8) is 0 Å². The molecule has 0 fully saturated rings. The minimum Gasteiger partial charge on any atom is -0.378 e. The summed E-state index contributed by atoms with van der Waals surface area (Å²) in [4.78, 5) is 0. The molecule has 0 atom stereocenters. The second-order valence-electron chi connectivity index (χ2n) is 3.48. The molecule has 0 aliphatic carbocycles. The number of hydrogen-bond donors (Lipinski definition) is 1. The average Bonchev–Trinajstić information content (AvgIpc) is 2.88. The van der Waals surface area contributed by atoms with E-state index in [4.69, 9.17) is 16.3 Å². The standard InChI is InChI=1S/C11H14ClN5O/c12-6-8-18-9-7-13-11-14-15-16-17(11)10-4-2-1-3-5-10/h1-5H,6-9H2,(H,13,14,16). The van der Waals surface area contributed by atoms with Gasteiger partial charge in [0.15, 0.2) is 0 Å². The van der Waals surface area contributed by atoms with Crippen molar-refractivity contribution in [2.24, 2.45) is 0 Å². The molecule has 0 aliphatic heterocycles. The van der Waals surface area contributed by atoms with Gasteiger partial charge in [-0.2, -0.15) is 4.68 Å². The zero-order chi connectivity index (χ0) is 12.6. The lowest BCUT2D eigenvalue weighted by molar-refractivity contribution is 0.159. The summed E-state index contributed by atoms with van der Waals surface area (Å²) in [5, 5.41) is 14.6. The molecule has 18 heavy (non-hydrogen) atoms. The highest BCUT2D eigenvalue weighted by Crippen LogP contribution is 2.09. The molecule has 0 saturated heterocycles. The van der Waals surface area contributed by atoms with Gasteiger partial charge in [0.2, 0.25) is 5.95 Å². The third kappa shape index (κ3) is 3.41. The predicted molar refractivity (Wildman–Crippen MR) is 69.2 cm³/mol. The molecule has 1 heterocycles. The van der Waals surface area contributed by atoms with Gasteiger partial charge in [0.25, 0.3) is 0 Å². The van der Waals surface area contributed by atoms with Gasteiger partial charge in [-0.05, 0) is 22.6 Å². The summed E-state index contributed by atoms with van der Waals surface area (Å²) in [7, 11) is 0. The molecule has 2 rings (SSSR count). The lowest BCUT2D eigenvalue weighted by Crippen LogP contribution is -2.14. The van der Waals surface area contributed by atoms with Crippen LogP contribution in [-0.4, -0.2) is 45.8 Å². The molecule has 0 bridgehead atoms. The first-order chi connectivity index (χ1) is 8.92. The minimum atomic E-state index is 0.502. The number of tetrazole rings is 1. The van der Waals surface area contributed by atoms with Crippen molar-refractivity contribution < 1.29 is 4.74 Å². The van der Waals surface area contributed by atoms with Crippen LogP contribution in [-0.2, 0) is 4.74 Å². The summed E-state index contributed by atoms with van der Waals surface area (Å²) < 4.78 is 6.89. The van der Waals surface area contributed by atoms with Gasteiger partial charge >= 0.3 is 0 Å². The molecular formula is C11H14ClN5O. The van der Waals surface area contributed by atoms with Gasteiger partial charge in [-0.25, -0.2) is 0 Å². The second-order valence-corrected chi connectivity index (χ2v) is 3.86. The largest absolute Gasteiger partial charge is 0.378 e. The Morgan fingerprint density at radius 1 is 1.22 bits per heavy atom. The van der Waals surface area contributed by atoms with Gasteiger partial charge in [0, 0.05) is 12.4 Å². The van der Waals surface area contributed by atoms with Crippen LogP contribution in [0.15, 0.2) is 30.3 Å². The summed E-state index contributed by atoms with van der Waals surface area (Å²) in [6.45, 7) is 1.74. The zero-order valence-electron chi connectivity index (χ0n) is 9.79. The Kier molecular flexibility index (Phi) is 4.92. The van der Waals surface area contributed by atoms with E-state index in [0.29, 0.717) is 31.6 Å². The smallest absolute Gasteiger partial charge is 0.247 e. The number of hydrogen-bond acceptors (Lipinski definition) is 5. The van der Waals surface area contributed by atoms with Gasteiger partial charge in [0.1, 0.15) is 0 Å². The van der Waals surface area contributed by atoms with E-state index in [-0.39, 0.29) is 0 Å². The summed E-state index contributed by atoms with van der Waals surface area (Å²) >= 11 is 5.50. The van der Waals surface area contributed by atoms with Crippen LogP contribution in [0.5, 0.6) is 0 Å². The highest BCUT2D eigenvalue weighted by atomic mass is 35.5. The molecule has 0 amide bonds. The van der Waals surface area contributed by atoms with Gasteiger partial charge in [0.05, 0.1) is 18.9 Å². The molecule has 0 unspecified atom stereocenters. The molecule has 0 spiro atoms. The SMILES string of the molecule is ClCCOCCNc1nnnn1-c1ccccc1. The van der Waals surface area contributed by atoms with E-state index < -0.39 is 0 Å². The van der Waals surface area contributed by atoms with E-state index in [0.717, 1.165) is 5.69 Å². The van der Waals surface area contributed by atoms with Gasteiger partial charge in [-0.15, -0.1) is 11.6 Å². The quantitative estimate of drug-likeness (QED) is 0.606. The Morgan fingerprint density at radius 2 is 2.06 bits per heavy atom. The molecular weight excluding hydrogens is 254 g/mol. The number of para-hydroxylation sites is 1. The van der Waals surface area contributed by atoms with E-state index in [1.165, 1.54) is 0 Å². The number of benzene rings is 1. The Morgan fingerprint density at radius 3 is 2.83 bits per heavy atom. The number of rotatable bonds is 7. The molecule has 1 aromatic carbocycles. The van der Waals surface area contributed by atoms with Crippen molar-refractivity contribution in [3.8, 4) is 5.69 Å². The number of anilines is 1. The number of ether oxygens (including phenoxy) is 1.